The molecular weight excluding hydrogens is 434 g/mol. The number of hydrogen-bond acceptors (Lipinski definition) is 10. The number of ether oxygens (including phenoxy) is 3. The van der Waals surface area contributed by atoms with E-state index >= 15 is 0 Å². The lowest BCUT2D eigenvalue weighted by Crippen LogP contribution is -2.24. The molecule has 1 aromatic carbocycles. The smallest absolute Gasteiger partial charge is 0.275 e. The van der Waals surface area contributed by atoms with Crippen LogP contribution in [-0.2, 0) is 16.1 Å². The van der Waals surface area contributed by atoms with E-state index in [4.69, 9.17) is 19.9 Å². The monoisotopic (exact) mass is 459 g/mol. The second-order valence-corrected chi connectivity index (χ2v) is 7.77. The van der Waals surface area contributed by atoms with E-state index in [0.717, 1.165) is 0 Å². The van der Waals surface area contributed by atoms with E-state index in [1.807, 2.05) is 0 Å². The summed E-state index contributed by atoms with van der Waals surface area (Å²) in [4.78, 5) is 19.4. The van der Waals surface area contributed by atoms with Crippen LogP contribution in [0.1, 0.15) is 36.8 Å². The SMILES string of the molecule is COc1ccc([N+](=O)[O-])c([C@H](C)OCc2cn([C@H]3CC(O)[C@@H](CO)O3)c3ncnc(N)c23)c1. The number of hydrogen-bond donors (Lipinski definition) is 3. The van der Waals surface area contributed by atoms with Crippen LogP contribution in [0.4, 0.5) is 11.5 Å². The molecule has 3 heterocycles. The molecule has 176 valence electrons. The maximum Gasteiger partial charge on any atom is 0.275 e. The number of nitrogens with zero attached hydrogens (tertiary/aromatic N) is 4. The highest BCUT2D eigenvalue weighted by Gasteiger charge is 2.35. The number of anilines is 1. The van der Waals surface area contributed by atoms with Crippen molar-refractivity contribution in [3.8, 4) is 5.75 Å². The summed E-state index contributed by atoms with van der Waals surface area (Å²) in [6.45, 7) is 1.47. The Hall–Kier alpha value is -3.32. The van der Waals surface area contributed by atoms with Gasteiger partial charge in [-0.3, -0.25) is 10.1 Å². The summed E-state index contributed by atoms with van der Waals surface area (Å²) in [7, 11) is 1.48. The summed E-state index contributed by atoms with van der Waals surface area (Å²) < 4.78 is 18.7. The van der Waals surface area contributed by atoms with Gasteiger partial charge in [0.2, 0.25) is 0 Å². The molecule has 3 aromatic rings. The summed E-state index contributed by atoms with van der Waals surface area (Å²) in [5.41, 5.74) is 7.57. The van der Waals surface area contributed by atoms with E-state index in [1.165, 1.54) is 25.6 Å². The Morgan fingerprint density at radius 3 is 2.88 bits per heavy atom. The Balaban J connectivity index is 1.63. The standard InChI is InChI=1S/C21H25N5O7/c1-11(14-5-13(31-2)3-4-15(14)26(29)30)32-9-12-7-25(18-6-16(28)17(8-27)33-18)21-19(12)20(22)23-10-24-21/h3-5,7,10-11,16-18,27-28H,6,8-9H2,1-2H3,(H2,22,23,24)/t11-,16?,17+,18+/m0/s1. The number of nitro groups is 1. The number of methoxy groups -OCH3 is 1. The maximum atomic E-state index is 11.5. The molecule has 33 heavy (non-hydrogen) atoms. The van der Waals surface area contributed by atoms with Gasteiger partial charge in [0.1, 0.15) is 35.9 Å². The molecule has 1 aliphatic rings. The van der Waals surface area contributed by atoms with Gasteiger partial charge in [-0.25, -0.2) is 9.97 Å². The van der Waals surface area contributed by atoms with Crippen LogP contribution in [0.15, 0.2) is 30.7 Å². The Labute approximate surface area is 188 Å². The fourth-order valence-electron chi connectivity index (χ4n) is 4.02. The Bertz CT molecular complexity index is 1170. The van der Waals surface area contributed by atoms with Crippen LogP contribution in [0.3, 0.4) is 0 Å². The molecule has 1 unspecified atom stereocenters. The fourth-order valence-corrected chi connectivity index (χ4v) is 4.02. The van der Waals surface area contributed by atoms with E-state index in [-0.39, 0.29) is 31.1 Å². The second kappa shape index (κ2) is 9.27. The third-order valence-corrected chi connectivity index (χ3v) is 5.77. The van der Waals surface area contributed by atoms with Crippen LogP contribution >= 0.6 is 0 Å². The van der Waals surface area contributed by atoms with Crippen molar-refractivity contribution in [1.82, 2.24) is 14.5 Å². The number of aliphatic hydroxyl groups is 2. The number of nitrogens with two attached hydrogens (primary N) is 1. The molecule has 0 saturated carbocycles. The third-order valence-electron chi connectivity index (χ3n) is 5.77. The molecule has 4 N–H and O–H groups in total. The molecule has 0 radical (unpaired) electrons. The lowest BCUT2D eigenvalue weighted by molar-refractivity contribution is -0.386. The molecular formula is C21H25N5O7. The minimum Gasteiger partial charge on any atom is -0.497 e. The van der Waals surface area contributed by atoms with Crippen molar-refractivity contribution >= 4 is 22.5 Å². The van der Waals surface area contributed by atoms with Crippen LogP contribution in [0.2, 0.25) is 0 Å². The summed E-state index contributed by atoms with van der Waals surface area (Å²) in [6.07, 6.45) is 0.652. The highest BCUT2D eigenvalue weighted by atomic mass is 16.6. The Morgan fingerprint density at radius 1 is 1.42 bits per heavy atom. The van der Waals surface area contributed by atoms with Crippen molar-refractivity contribution in [3.63, 3.8) is 0 Å². The summed E-state index contributed by atoms with van der Waals surface area (Å²) in [6, 6.07) is 4.48. The van der Waals surface area contributed by atoms with Crippen molar-refractivity contribution in [1.29, 1.82) is 0 Å². The molecule has 12 nitrogen and oxygen atoms in total. The summed E-state index contributed by atoms with van der Waals surface area (Å²) in [5, 5.41) is 31.6. The van der Waals surface area contributed by atoms with Crippen LogP contribution in [0.25, 0.3) is 11.0 Å². The van der Waals surface area contributed by atoms with Crippen molar-refractivity contribution < 1.29 is 29.3 Å². The average molecular weight is 459 g/mol. The Kier molecular flexibility index (Phi) is 6.42. The minimum atomic E-state index is -0.815. The molecule has 1 saturated heterocycles. The lowest BCUT2D eigenvalue weighted by Gasteiger charge is -2.15. The van der Waals surface area contributed by atoms with Gasteiger partial charge in [0.25, 0.3) is 5.69 Å². The molecule has 0 amide bonds. The van der Waals surface area contributed by atoms with Crippen molar-refractivity contribution in [2.75, 3.05) is 19.5 Å². The average Bonchev–Trinajstić information content (AvgIpc) is 3.37. The number of fused-ring (bicyclic) bond motifs is 1. The van der Waals surface area contributed by atoms with E-state index in [9.17, 15) is 20.3 Å². The maximum absolute atomic E-state index is 11.5. The molecule has 0 bridgehead atoms. The highest BCUT2D eigenvalue weighted by Crippen LogP contribution is 2.36. The van der Waals surface area contributed by atoms with E-state index in [0.29, 0.717) is 27.9 Å². The normalized spacial score (nSPS) is 21.4. The number of benzene rings is 1. The zero-order valence-corrected chi connectivity index (χ0v) is 18.1. The zero-order valence-electron chi connectivity index (χ0n) is 18.1. The molecule has 4 atom stereocenters. The molecule has 0 aliphatic carbocycles. The van der Waals surface area contributed by atoms with E-state index in [1.54, 1.807) is 23.8 Å². The van der Waals surface area contributed by atoms with Crippen LogP contribution in [-0.4, -0.2) is 55.6 Å². The van der Waals surface area contributed by atoms with Gasteiger partial charge >= 0.3 is 0 Å². The number of rotatable bonds is 8. The quantitative estimate of drug-likeness (QED) is 0.334. The Morgan fingerprint density at radius 2 is 2.21 bits per heavy atom. The molecule has 0 spiro atoms. The van der Waals surface area contributed by atoms with Gasteiger partial charge in [0.05, 0.1) is 48.4 Å². The molecule has 4 rings (SSSR count). The zero-order chi connectivity index (χ0) is 23.7. The topological polar surface area (TPSA) is 168 Å². The van der Waals surface area contributed by atoms with Gasteiger partial charge in [-0.15, -0.1) is 0 Å². The van der Waals surface area contributed by atoms with Crippen molar-refractivity contribution in [2.24, 2.45) is 0 Å². The lowest BCUT2D eigenvalue weighted by atomic mass is 10.1. The molecule has 1 aliphatic heterocycles. The molecule has 2 aromatic heterocycles. The van der Waals surface area contributed by atoms with E-state index in [2.05, 4.69) is 9.97 Å². The molecule has 12 heteroatoms. The van der Waals surface area contributed by atoms with E-state index < -0.39 is 29.5 Å². The minimum absolute atomic E-state index is 0.0648. The van der Waals surface area contributed by atoms with Crippen molar-refractivity contribution in [3.05, 3.63) is 52.0 Å². The predicted octanol–water partition coefficient (Wildman–Crippen LogP) is 1.85. The summed E-state index contributed by atoms with van der Waals surface area (Å²) >= 11 is 0. The number of aromatic nitrogens is 3. The van der Waals surface area contributed by atoms with Crippen LogP contribution in [0, 0.1) is 10.1 Å². The third kappa shape index (κ3) is 4.33. The number of nitrogen functional groups attached to an aromatic ring is 1. The predicted molar refractivity (Wildman–Crippen MR) is 116 cm³/mol. The highest BCUT2D eigenvalue weighted by molar-refractivity contribution is 5.89. The molecule has 1 fully saturated rings. The van der Waals surface area contributed by atoms with Gasteiger partial charge in [0, 0.05) is 24.2 Å². The van der Waals surface area contributed by atoms with Crippen LogP contribution < -0.4 is 10.5 Å². The number of nitro benzene ring substituents is 1. The van der Waals surface area contributed by atoms with Gasteiger partial charge in [-0.1, -0.05) is 0 Å². The van der Waals surface area contributed by atoms with Gasteiger partial charge in [-0.2, -0.15) is 0 Å². The first-order valence-electron chi connectivity index (χ1n) is 10.3. The van der Waals surface area contributed by atoms with Gasteiger partial charge in [-0.05, 0) is 19.1 Å². The van der Waals surface area contributed by atoms with Crippen LogP contribution in [0.5, 0.6) is 5.75 Å². The number of aliphatic hydroxyl groups excluding tert-OH is 2. The summed E-state index contributed by atoms with van der Waals surface area (Å²) in [5.74, 6) is 0.727. The van der Waals surface area contributed by atoms with Gasteiger partial charge in [0.15, 0.2) is 0 Å². The largest absolute Gasteiger partial charge is 0.497 e. The first-order valence-corrected chi connectivity index (χ1v) is 10.3. The van der Waals surface area contributed by atoms with Gasteiger partial charge < -0.3 is 34.7 Å². The first-order chi connectivity index (χ1) is 15.8. The fraction of sp³-hybridized carbons (Fsp3) is 0.429. The second-order valence-electron chi connectivity index (χ2n) is 7.77. The van der Waals surface area contributed by atoms with Crippen molar-refractivity contribution in [2.45, 2.75) is 44.5 Å². The first kappa shape index (κ1) is 22.9.